The molecule has 0 fully saturated rings. The zero-order chi connectivity index (χ0) is 10.9. The van der Waals surface area contributed by atoms with Crippen LogP contribution in [0, 0.1) is 11.3 Å². The van der Waals surface area contributed by atoms with Gasteiger partial charge in [-0.2, -0.15) is 5.26 Å². The molecule has 0 unspecified atom stereocenters. The first kappa shape index (κ1) is 10.9. The van der Waals surface area contributed by atoms with Gasteiger partial charge in [0.15, 0.2) is 0 Å². The fraction of sp³-hybridized carbons (Fsp3) is 0.364. The van der Waals surface area contributed by atoms with Crippen LogP contribution in [0.4, 0.5) is 5.69 Å². The summed E-state index contributed by atoms with van der Waals surface area (Å²) in [5.41, 5.74) is 7.53. The SMILES string of the molecule is CC(C)(C)c1cc(N)cc(C#N)c1Cl. The van der Waals surface area contributed by atoms with Crippen molar-refractivity contribution in [3.8, 4) is 6.07 Å². The van der Waals surface area contributed by atoms with Crippen LogP contribution in [0.2, 0.25) is 5.02 Å². The normalized spacial score (nSPS) is 11.1. The van der Waals surface area contributed by atoms with Crippen LogP contribution in [0.25, 0.3) is 0 Å². The first-order chi connectivity index (χ1) is 6.36. The molecule has 2 N–H and O–H groups in total. The van der Waals surface area contributed by atoms with E-state index >= 15 is 0 Å². The lowest BCUT2D eigenvalue weighted by Gasteiger charge is -2.21. The van der Waals surface area contributed by atoms with E-state index in [-0.39, 0.29) is 5.41 Å². The summed E-state index contributed by atoms with van der Waals surface area (Å²) in [7, 11) is 0. The third-order valence-corrected chi connectivity index (χ3v) is 2.43. The van der Waals surface area contributed by atoms with E-state index in [1.54, 1.807) is 6.07 Å². The van der Waals surface area contributed by atoms with E-state index in [0.29, 0.717) is 16.3 Å². The standard InChI is InChI=1S/C11H13ClN2/c1-11(2,3)9-5-8(14)4-7(6-13)10(9)12/h4-5H,14H2,1-3H3. The zero-order valence-corrected chi connectivity index (χ0v) is 9.31. The highest BCUT2D eigenvalue weighted by Crippen LogP contribution is 2.33. The van der Waals surface area contributed by atoms with Gasteiger partial charge in [-0.05, 0) is 23.1 Å². The Kier molecular flexibility index (Phi) is 2.73. The average Bonchev–Trinajstić information content (AvgIpc) is 2.06. The summed E-state index contributed by atoms with van der Waals surface area (Å²) >= 11 is 6.09. The molecule has 0 aliphatic rings. The van der Waals surface area contributed by atoms with Crippen molar-refractivity contribution in [2.45, 2.75) is 26.2 Å². The van der Waals surface area contributed by atoms with Crippen molar-refractivity contribution in [2.24, 2.45) is 0 Å². The van der Waals surface area contributed by atoms with Crippen LogP contribution in [0.5, 0.6) is 0 Å². The molecule has 74 valence electrons. The number of benzene rings is 1. The Bertz CT molecular complexity index is 397. The van der Waals surface area contributed by atoms with Gasteiger partial charge in [-0.1, -0.05) is 32.4 Å². The van der Waals surface area contributed by atoms with Crippen molar-refractivity contribution in [3.63, 3.8) is 0 Å². The molecular weight excluding hydrogens is 196 g/mol. The first-order valence-electron chi connectivity index (χ1n) is 4.36. The van der Waals surface area contributed by atoms with Gasteiger partial charge in [0.25, 0.3) is 0 Å². The molecule has 0 heterocycles. The molecule has 1 aromatic rings. The molecule has 0 saturated carbocycles. The van der Waals surface area contributed by atoms with Gasteiger partial charge in [0.05, 0.1) is 10.6 Å². The molecule has 1 rings (SSSR count). The Morgan fingerprint density at radius 2 is 1.93 bits per heavy atom. The zero-order valence-electron chi connectivity index (χ0n) is 8.56. The number of nitrogen functional groups attached to an aromatic ring is 1. The summed E-state index contributed by atoms with van der Waals surface area (Å²) in [6, 6.07) is 5.45. The van der Waals surface area contributed by atoms with Crippen LogP contribution < -0.4 is 5.73 Å². The molecule has 0 spiro atoms. The number of nitrogens with zero attached hydrogens (tertiary/aromatic N) is 1. The molecular formula is C11H13ClN2. The minimum Gasteiger partial charge on any atom is -0.399 e. The summed E-state index contributed by atoms with van der Waals surface area (Å²) in [5, 5.41) is 9.35. The van der Waals surface area contributed by atoms with Crippen LogP contribution in [0.15, 0.2) is 12.1 Å². The lowest BCUT2D eigenvalue weighted by molar-refractivity contribution is 0.590. The molecule has 0 aliphatic heterocycles. The van der Waals surface area contributed by atoms with Crippen LogP contribution in [0.1, 0.15) is 31.9 Å². The number of nitriles is 1. The Morgan fingerprint density at radius 3 is 2.36 bits per heavy atom. The monoisotopic (exact) mass is 208 g/mol. The van der Waals surface area contributed by atoms with Crippen molar-refractivity contribution in [2.75, 3.05) is 5.73 Å². The quantitative estimate of drug-likeness (QED) is 0.666. The smallest absolute Gasteiger partial charge is 0.101 e. The molecule has 1 aromatic carbocycles. The molecule has 14 heavy (non-hydrogen) atoms. The van der Waals surface area contributed by atoms with E-state index in [9.17, 15) is 0 Å². The average molecular weight is 209 g/mol. The minimum atomic E-state index is -0.0991. The van der Waals surface area contributed by atoms with E-state index in [4.69, 9.17) is 22.6 Å². The topological polar surface area (TPSA) is 49.8 Å². The van der Waals surface area contributed by atoms with Gasteiger partial charge in [0.2, 0.25) is 0 Å². The molecule has 0 aromatic heterocycles. The fourth-order valence-electron chi connectivity index (χ4n) is 1.27. The van der Waals surface area contributed by atoms with Crippen molar-refractivity contribution in [1.82, 2.24) is 0 Å². The third-order valence-electron chi connectivity index (χ3n) is 2.02. The van der Waals surface area contributed by atoms with Crippen LogP contribution in [-0.2, 0) is 5.41 Å². The Labute approximate surface area is 89.3 Å². The summed E-state index contributed by atoms with van der Waals surface area (Å²) in [5.74, 6) is 0. The van der Waals surface area contributed by atoms with Gasteiger partial charge < -0.3 is 5.73 Å². The van der Waals surface area contributed by atoms with E-state index in [0.717, 1.165) is 5.56 Å². The molecule has 2 nitrogen and oxygen atoms in total. The number of halogens is 1. The molecule has 0 atom stereocenters. The second-order valence-electron chi connectivity index (χ2n) is 4.29. The lowest BCUT2D eigenvalue weighted by Crippen LogP contribution is -2.13. The summed E-state index contributed by atoms with van der Waals surface area (Å²) in [6.45, 7) is 6.11. The van der Waals surface area contributed by atoms with Crippen molar-refractivity contribution >= 4 is 17.3 Å². The van der Waals surface area contributed by atoms with Gasteiger partial charge in [-0.15, -0.1) is 0 Å². The van der Waals surface area contributed by atoms with Crippen molar-refractivity contribution in [1.29, 1.82) is 5.26 Å². The Morgan fingerprint density at radius 1 is 1.36 bits per heavy atom. The maximum absolute atomic E-state index is 8.84. The van der Waals surface area contributed by atoms with Crippen LogP contribution >= 0.6 is 11.6 Å². The Balaban J connectivity index is 3.47. The summed E-state index contributed by atoms with van der Waals surface area (Å²) in [4.78, 5) is 0. The number of rotatable bonds is 0. The maximum atomic E-state index is 8.84. The molecule has 0 radical (unpaired) electrons. The maximum Gasteiger partial charge on any atom is 0.101 e. The molecule has 3 heteroatoms. The van der Waals surface area contributed by atoms with Gasteiger partial charge in [0, 0.05) is 5.69 Å². The second kappa shape index (κ2) is 3.51. The highest BCUT2D eigenvalue weighted by Gasteiger charge is 2.19. The number of hydrogen-bond donors (Lipinski definition) is 1. The van der Waals surface area contributed by atoms with E-state index < -0.39 is 0 Å². The minimum absolute atomic E-state index is 0.0991. The molecule has 0 amide bonds. The van der Waals surface area contributed by atoms with Gasteiger partial charge in [-0.3, -0.25) is 0 Å². The van der Waals surface area contributed by atoms with Gasteiger partial charge in [-0.25, -0.2) is 0 Å². The highest BCUT2D eigenvalue weighted by atomic mass is 35.5. The molecule has 0 bridgehead atoms. The number of hydrogen-bond acceptors (Lipinski definition) is 2. The van der Waals surface area contributed by atoms with E-state index in [1.807, 2.05) is 32.9 Å². The van der Waals surface area contributed by atoms with Crippen molar-refractivity contribution < 1.29 is 0 Å². The predicted molar refractivity (Wildman–Crippen MR) is 59.3 cm³/mol. The largest absolute Gasteiger partial charge is 0.399 e. The van der Waals surface area contributed by atoms with Gasteiger partial charge >= 0.3 is 0 Å². The van der Waals surface area contributed by atoms with E-state index in [2.05, 4.69) is 0 Å². The number of anilines is 1. The van der Waals surface area contributed by atoms with E-state index in [1.165, 1.54) is 0 Å². The Hall–Kier alpha value is -1.20. The number of nitrogens with two attached hydrogens (primary N) is 1. The lowest BCUT2D eigenvalue weighted by atomic mass is 9.86. The summed E-state index contributed by atoms with van der Waals surface area (Å²) < 4.78 is 0. The molecule has 0 saturated heterocycles. The third kappa shape index (κ3) is 2.00. The van der Waals surface area contributed by atoms with Gasteiger partial charge in [0.1, 0.15) is 6.07 Å². The predicted octanol–water partition coefficient (Wildman–Crippen LogP) is 3.09. The first-order valence-corrected chi connectivity index (χ1v) is 4.73. The fourth-order valence-corrected chi connectivity index (χ4v) is 1.71. The molecule has 0 aliphatic carbocycles. The van der Waals surface area contributed by atoms with Crippen molar-refractivity contribution in [3.05, 3.63) is 28.3 Å². The summed E-state index contributed by atoms with van der Waals surface area (Å²) in [6.07, 6.45) is 0. The second-order valence-corrected chi connectivity index (χ2v) is 4.67. The highest BCUT2D eigenvalue weighted by molar-refractivity contribution is 6.32. The van der Waals surface area contributed by atoms with Crippen LogP contribution in [0.3, 0.4) is 0 Å². The van der Waals surface area contributed by atoms with Crippen LogP contribution in [-0.4, -0.2) is 0 Å².